The van der Waals surface area contributed by atoms with Crippen molar-refractivity contribution in [2.24, 2.45) is 5.73 Å². The monoisotopic (exact) mass is 450 g/mol. The first-order valence-corrected chi connectivity index (χ1v) is 10.9. The number of nitrogens with zero attached hydrogens (tertiary/aromatic N) is 5. The van der Waals surface area contributed by atoms with Crippen molar-refractivity contribution in [1.29, 1.82) is 0 Å². The van der Waals surface area contributed by atoms with Crippen LogP contribution in [0.5, 0.6) is 0 Å². The summed E-state index contributed by atoms with van der Waals surface area (Å²) in [6.07, 6.45) is 4.75. The maximum atomic E-state index is 11.9. The quantitative estimate of drug-likeness (QED) is 0.467. The van der Waals surface area contributed by atoms with Crippen LogP contribution in [0.3, 0.4) is 0 Å². The van der Waals surface area contributed by atoms with E-state index in [2.05, 4.69) is 37.4 Å². The Labute approximate surface area is 188 Å². The highest BCUT2D eigenvalue weighted by Crippen LogP contribution is 2.26. The highest BCUT2D eigenvalue weighted by Gasteiger charge is 2.23. The van der Waals surface area contributed by atoms with Gasteiger partial charge in [-0.15, -0.1) is 21.5 Å². The minimum atomic E-state index is -0.740. The average molecular weight is 451 g/mol. The van der Waals surface area contributed by atoms with Crippen molar-refractivity contribution < 1.29 is 9.59 Å². The SMILES string of the molecule is C=CC(=O)N1CCCC(Nc2nnc(C(N)=O)c(Nc3cccc(-c4nccs4)c3)n2)C1. The maximum absolute atomic E-state index is 11.9. The van der Waals surface area contributed by atoms with Crippen molar-refractivity contribution in [3.8, 4) is 10.6 Å². The lowest BCUT2D eigenvalue weighted by Crippen LogP contribution is -2.44. The molecule has 0 saturated carbocycles. The number of carbonyl (C=O) groups is 2. The number of rotatable bonds is 7. The van der Waals surface area contributed by atoms with Gasteiger partial charge in [-0.1, -0.05) is 18.7 Å². The van der Waals surface area contributed by atoms with Gasteiger partial charge in [0.2, 0.25) is 11.9 Å². The summed E-state index contributed by atoms with van der Waals surface area (Å²) in [5, 5.41) is 17.1. The molecule has 1 fully saturated rings. The van der Waals surface area contributed by atoms with Gasteiger partial charge < -0.3 is 21.3 Å². The zero-order valence-corrected chi connectivity index (χ0v) is 18.0. The molecule has 3 aromatic rings. The summed E-state index contributed by atoms with van der Waals surface area (Å²) in [4.78, 5) is 34.3. The molecule has 10 nitrogen and oxygen atoms in total. The highest BCUT2D eigenvalue weighted by atomic mass is 32.1. The van der Waals surface area contributed by atoms with E-state index >= 15 is 0 Å². The van der Waals surface area contributed by atoms with E-state index in [4.69, 9.17) is 5.73 Å². The van der Waals surface area contributed by atoms with Crippen molar-refractivity contribution in [3.63, 3.8) is 0 Å². The first-order valence-electron chi connectivity index (χ1n) is 10.0. The second kappa shape index (κ2) is 9.52. The summed E-state index contributed by atoms with van der Waals surface area (Å²) in [5.74, 6) is -0.412. The Morgan fingerprint density at radius 2 is 2.19 bits per heavy atom. The third-order valence-electron chi connectivity index (χ3n) is 4.97. The van der Waals surface area contributed by atoms with Crippen LogP contribution in [0.1, 0.15) is 23.3 Å². The molecule has 0 spiro atoms. The maximum Gasteiger partial charge on any atom is 0.273 e. The van der Waals surface area contributed by atoms with Crippen LogP contribution < -0.4 is 16.4 Å². The Kier molecular flexibility index (Phi) is 6.36. The van der Waals surface area contributed by atoms with Gasteiger partial charge in [0.1, 0.15) is 5.01 Å². The molecule has 1 aromatic carbocycles. The van der Waals surface area contributed by atoms with E-state index < -0.39 is 5.91 Å². The summed E-state index contributed by atoms with van der Waals surface area (Å²) in [5.41, 5.74) is 7.04. The van der Waals surface area contributed by atoms with E-state index in [1.165, 1.54) is 17.4 Å². The van der Waals surface area contributed by atoms with Gasteiger partial charge in [-0.3, -0.25) is 9.59 Å². The highest BCUT2D eigenvalue weighted by molar-refractivity contribution is 7.13. The molecule has 1 unspecified atom stereocenters. The lowest BCUT2D eigenvalue weighted by molar-refractivity contribution is -0.127. The summed E-state index contributed by atoms with van der Waals surface area (Å²) in [6, 6.07) is 7.53. The minimum Gasteiger partial charge on any atom is -0.364 e. The Bertz CT molecular complexity index is 1130. The smallest absolute Gasteiger partial charge is 0.273 e. The standard InChI is InChI=1S/C21H22N8O2S/c1-2-16(30)29-9-4-7-15(12-29)25-21-26-19(17(18(22)31)27-28-21)24-14-6-3-5-13(11-14)20-23-8-10-32-20/h2-3,5-6,8,10-11,15H,1,4,7,9,12H2,(H2,22,31)(H2,24,25,26,28). The predicted octanol–water partition coefficient (Wildman–Crippen LogP) is 2.43. The molecule has 32 heavy (non-hydrogen) atoms. The number of amides is 2. The van der Waals surface area contributed by atoms with Gasteiger partial charge in [0.05, 0.1) is 0 Å². The largest absolute Gasteiger partial charge is 0.364 e. The van der Waals surface area contributed by atoms with Crippen molar-refractivity contribution >= 4 is 40.6 Å². The molecule has 0 radical (unpaired) electrons. The summed E-state index contributed by atoms with van der Waals surface area (Å²) in [6.45, 7) is 4.73. The molecule has 1 atom stereocenters. The molecular weight excluding hydrogens is 428 g/mol. The van der Waals surface area contributed by atoms with Gasteiger partial charge >= 0.3 is 0 Å². The van der Waals surface area contributed by atoms with Crippen LogP contribution in [-0.2, 0) is 4.79 Å². The van der Waals surface area contributed by atoms with E-state index in [-0.39, 0.29) is 29.4 Å². The van der Waals surface area contributed by atoms with Crippen LogP contribution in [0.2, 0.25) is 0 Å². The first kappa shape index (κ1) is 21.4. The molecule has 0 aliphatic carbocycles. The van der Waals surface area contributed by atoms with Crippen molar-refractivity contribution in [2.75, 3.05) is 23.7 Å². The molecule has 4 N–H and O–H groups in total. The zero-order valence-electron chi connectivity index (χ0n) is 17.2. The fraction of sp³-hybridized carbons (Fsp3) is 0.238. The van der Waals surface area contributed by atoms with Gasteiger partial charge in [0.15, 0.2) is 11.5 Å². The zero-order chi connectivity index (χ0) is 22.5. The number of aromatic nitrogens is 4. The number of hydrogen-bond donors (Lipinski definition) is 3. The van der Waals surface area contributed by atoms with Gasteiger partial charge in [-0.2, -0.15) is 4.98 Å². The Hall–Kier alpha value is -3.86. The summed E-state index contributed by atoms with van der Waals surface area (Å²) < 4.78 is 0. The summed E-state index contributed by atoms with van der Waals surface area (Å²) >= 11 is 1.53. The number of nitrogens with two attached hydrogens (primary N) is 1. The van der Waals surface area contributed by atoms with Crippen molar-refractivity contribution in [3.05, 3.63) is 54.2 Å². The molecule has 1 saturated heterocycles. The molecule has 1 aliphatic heterocycles. The number of primary amides is 1. The number of anilines is 3. The van der Waals surface area contributed by atoms with Gasteiger partial charge in [-0.25, -0.2) is 4.98 Å². The van der Waals surface area contributed by atoms with Crippen molar-refractivity contribution in [1.82, 2.24) is 25.1 Å². The number of thiazole rings is 1. The average Bonchev–Trinajstić information content (AvgIpc) is 3.34. The molecule has 11 heteroatoms. The van der Waals surface area contributed by atoms with E-state index in [1.54, 1.807) is 11.1 Å². The molecule has 1 aliphatic rings. The third kappa shape index (κ3) is 4.89. The minimum absolute atomic E-state index is 0.0463. The molecule has 0 bridgehead atoms. The third-order valence-corrected chi connectivity index (χ3v) is 5.79. The van der Waals surface area contributed by atoms with E-state index in [9.17, 15) is 9.59 Å². The molecule has 2 amide bonds. The number of benzene rings is 1. The van der Waals surface area contributed by atoms with E-state index in [0.717, 1.165) is 23.4 Å². The predicted molar refractivity (Wildman–Crippen MR) is 123 cm³/mol. The van der Waals surface area contributed by atoms with Crippen LogP contribution in [0.15, 0.2) is 48.5 Å². The van der Waals surface area contributed by atoms with Crippen molar-refractivity contribution in [2.45, 2.75) is 18.9 Å². The first-order chi connectivity index (χ1) is 15.5. The Morgan fingerprint density at radius 1 is 1.31 bits per heavy atom. The fourth-order valence-corrected chi connectivity index (χ4v) is 4.12. The van der Waals surface area contributed by atoms with E-state index in [1.807, 2.05) is 29.6 Å². The molecular formula is C21H22N8O2S. The summed E-state index contributed by atoms with van der Waals surface area (Å²) in [7, 11) is 0. The van der Waals surface area contributed by atoms with Crippen LogP contribution in [0.25, 0.3) is 10.6 Å². The van der Waals surface area contributed by atoms with Gasteiger partial charge in [0.25, 0.3) is 5.91 Å². The van der Waals surface area contributed by atoms with Crippen LogP contribution in [-0.4, -0.2) is 56.0 Å². The normalized spacial score (nSPS) is 15.8. The second-order valence-corrected chi connectivity index (χ2v) is 8.11. The Morgan fingerprint density at radius 3 is 2.94 bits per heavy atom. The lowest BCUT2D eigenvalue weighted by Gasteiger charge is -2.32. The number of nitrogens with one attached hydrogen (secondary N) is 2. The molecule has 3 heterocycles. The van der Waals surface area contributed by atoms with Gasteiger partial charge in [0, 0.05) is 42.0 Å². The molecule has 2 aromatic heterocycles. The van der Waals surface area contributed by atoms with Crippen LogP contribution >= 0.6 is 11.3 Å². The molecule has 4 rings (SSSR count). The van der Waals surface area contributed by atoms with Crippen LogP contribution in [0, 0.1) is 0 Å². The van der Waals surface area contributed by atoms with Crippen LogP contribution in [0.4, 0.5) is 17.5 Å². The number of carbonyl (C=O) groups excluding carboxylic acids is 2. The topological polar surface area (TPSA) is 139 Å². The number of piperidine rings is 1. The second-order valence-electron chi connectivity index (χ2n) is 7.21. The van der Waals surface area contributed by atoms with Gasteiger partial charge in [-0.05, 0) is 31.1 Å². The lowest BCUT2D eigenvalue weighted by atomic mass is 10.1. The Balaban J connectivity index is 1.55. The molecule has 164 valence electrons. The number of likely N-dealkylation sites (tertiary alicyclic amines) is 1. The number of hydrogen-bond acceptors (Lipinski definition) is 9. The fourth-order valence-electron chi connectivity index (χ4n) is 3.48. The van der Waals surface area contributed by atoms with E-state index in [0.29, 0.717) is 18.8 Å².